The number of benzene rings is 2. The third kappa shape index (κ3) is 4.42. The molecule has 0 atom stereocenters. The summed E-state index contributed by atoms with van der Waals surface area (Å²) in [5, 5.41) is 11.6. The van der Waals surface area contributed by atoms with Crippen LogP contribution in [0.5, 0.6) is 11.5 Å². The number of aromatic nitrogens is 3. The molecule has 0 amide bonds. The lowest BCUT2D eigenvalue weighted by atomic mass is 10.2. The molecule has 3 aromatic rings. The van der Waals surface area contributed by atoms with Crippen LogP contribution in [0.3, 0.4) is 0 Å². The molecular weight excluding hydrogens is 304 g/mol. The molecule has 0 radical (unpaired) electrons. The Hall–Kier alpha value is -3.15. The van der Waals surface area contributed by atoms with Crippen LogP contribution < -0.4 is 9.47 Å². The predicted octanol–water partition coefficient (Wildman–Crippen LogP) is 2.93. The van der Waals surface area contributed by atoms with E-state index < -0.39 is 0 Å². The molecule has 2 aromatic carbocycles. The first-order chi connectivity index (χ1) is 11.8. The molecule has 6 nitrogen and oxygen atoms in total. The Kier molecular flexibility index (Phi) is 5.19. The Morgan fingerprint density at radius 1 is 1.00 bits per heavy atom. The lowest BCUT2D eigenvalue weighted by Gasteiger charge is -2.10. The molecule has 0 aliphatic carbocycles. The zero-order valence-electron chi connectivity index (χ0n) is 13.4. The van der Waals surface area contributed by atoms with E-state index in [1.54, 1.807) is 6.21 Å². The summed E-state index contributed by atoms with van der Waals surface area (Å²) in [7, 11) is 0. The van der Waals surface area contributed by atoms with Crippen molar-refractivity contribution in [2.75, 3.05) is 13.2 Å². The Morgan fingerprint density at radius 3 is 2.62 bits per heavy atom. The number of rotatable bonds is 7. The molecule has 0 unspecified atom stereocenters. The lowest BCUT2D eigenvalue weighted by Crippen LogP contribution is -2.10. The first-order valence-electron chi connectivity index (χ1n) is 7.61. The summed E-state index contributed by atoms with van der Waals surface area (Å²) in [6.45, 7) is 2.96. The Bertz CT molecular complexity index is 800. The van der Waals surface area contributed by atoms with E-state index in [4.69, 9.17) is 9.47 Å². The lowest BCUT2D eigenvalue weighted by molar-refractivity contribution is 0.217. The van der Waals surface area contributed by atoms with Crippen molar-refractivity contribution < 1.29 is 9.47 Å². The van der Waals surface area contributed by atoms with Crippen LogP contribution in [0.25, 0.3) is 0 Å². The molecule has 0 N–H and O–H groups in total. The molecule has 0 bridgehead atoms. The van der Waals surface area contributed by atoms with Crippen LogP contribution in [0.1, 0.15) is 11.1 Å². The minimum absolute atomic E-state index is 0.450. The number of nitrogens with zero attached hydrogens (tertiary/aromatic N) is 4. The molecule has 0 saturated carbocycles. The summed E-state index contributed by atoms with van der Waals surface area (Å²) in [6, 6.07) is 15.6. The molecule has 1 aromatic heterocycles. The first kappa shape index (κ1) is 15.7. The van der Waals surface area contributed by atoms with Crippen LogP contribution in [-0.2, 0) is 0 Å². The van der Waals surface area contributed by atoms with Gasteiger partial charge in [-0.1, -0.05) is 24.3 Å². The van der Waals surface area contributed by atoms with Gasteiger partial charge in [-0.3, -0.25) is 0 Å². The molecule has 1 heterocycles. The largest absolute Gasteiger partial charge is 0.490 e. The minimum Gasteiger partial charge on any atom is -0.490 e. The summed E-state index contributed by atoms with van der Waals surface area (Å²) in [5.74, 6) is 1.60. The smallest absolute Gasteiger partial charge is 0.141 e. The van der Waals surface area contributed by atoms with Gasteiger partial charge in [0.25, 0.3) is 0 Å². The van der Waals surface area contributed by atoms with Gasteiger partial charge >= 0.3 is 0 Å². The second-order valence-corrected chi connectivity index (χ2v) is 5.14. The highest BCUT2D eigenvalue weighted by molar-refractivity contribution is 5.83. The third-order valence-electron chi connectivity index (χ3n) is 3.25. The molecule has 0 aliphatic heterocycles. The number of hydrogen-bond donors (Lipinski definition) is 0. The van der Waals surface area contributed by atoms with Gasteiger partial charge in [0.1, 0.15) is 37.4 Å². The van der Waals surface area contributed by atoms with Crippen molar-refractivity contribution in [3.8, 4) is 11.5 Å². The molecule has 0 fully saturated rings. The topological polar surface area (TPSA) is 61.5 Å². The monoisotopic (exact) mass is 322 g/mol. The average molecular weight is 322 g/mol. The summed E-state index contributed by atoms with van der Waals surface area (Å²) in [6.07, 6.45) is 4.76. The summed E-state index contributed by atoms with van der Waals surface area (Å²) >= 11 is 0. The van der Waals surface area contributed by atoms with E-state index in [2.05, 4.69) is 15.3 Å². The average Bonchev–Trinajstić information content (AvgIpc) is 3.11. The van der Waals surface area contributed by atoms with E-state index in [0.29, 0.717) is 13.2 Å². The molecule has 0 saturated heterocycles. The second kappa shape index (κ2) is 7.92. The van der Waals surface area contributed by atoms with Crippen molar-refractivity contribution in [1.82, 2.24) is 14.9 Å². The maximum absolute atomic E-state index is 5.80. The standard InChI is InChI=1S/C18H18N4O2/c1-15-5-4-7-17(11-15)23-9-10-24-18-8-3-2-6-16(18)12-21-22-13-19-20-14-22/h2-8,11-14H,9-10H2,1H3. The van der Waals surface area contributed by atoms with Gasteiger partial charge < -0.3 is 9.47 Å². The van der Waals surface area contributed by atoms with Gasteiger partial charge in [-0.2, -0.15) is 5.10 Å². The maximum atomic E-state index is 5.80. The highest BCUT2D eigenvalue weighted by Crippen LogP contribution is 2.16. The SMILES string of the molecule is Cc1cccc(OCCOc2ccccc2C=Nn2cnnc2)c1. The van der Waals surface area contributed by atoms with Crippen molar-refractivity contribution in [3.63, 3.8) is 0 Å². The molecular formula is C18H18N4O2. The van der Waals surface area contributed by atoms with Crippen molar-refractivity contribution >= 4 is 6.21 Å². The van der Waals surface area contributed by atoms with E-state index >= 15 is 0 Å². The van der Waals surface area contributed by atoms with Crippen LogP contribution in [0, 0.1) is 6.92 Å². The van der Waals surface area contributed by atoms with E-state index in [0.717, 1.165) is 17.1 Å². The van der Waals surface area contributed by atoms with Crippen LogP contribution in [0.15, 0.2) is 66.3 Å². The normalized spacial score (nSPS) is 10.9. The number of hydrogen-bond acceptors (Lipinski definition) is 5. The van der Waals surface area contributed by atoms with Crippen LogP contribution in [0.2, 0.25) is 0 Å². The zero-order chi connectivity index (χ0) is 16.6. The first-order valence-corrected chi connectivity index (χ1v) is 7.61. The molecule has 3 rings (SSSR count). The Labute approximate surface area is 140 Å². The second-order valence-electron chi connectivity index (χ2n) is 5.14. The van der Waals surface area contributed by atoms with Gasteiger partial charge in [0.2, 0.25) is 0 Å². The maximum Gasteiger partial charge on any atom is 0.141 e. The van der Waals surface area contributed by atoms with Gasteiger partial charge in [-0.25, -0.2) is 4.68 Å². The summed E-state index contributed by atoms with van der Waals surface area (Å²) in [4.78, 5) is 0. The Morgan fingerprint density at radius 2 is 1.79 bits per heavy atom. The fourth-order valence-electron chi connectivity index (χ4n) is 2.12. The molecule has 0 spiro atoms. The fraction of sp³-hybridized carbons (Fsp3) is 0.167. The minimum atomic E-state index is 0.450. The Balaban J connectivity index is 1.55. The van der Waals surface area contributed by atoms with Crippen molar-refractivity contribution in [2.45, 2.75) is 6.92 Å². The van der Waals surface area contributed by atoms with Gasteiger partial charge in [0.05, 0.1) is 6.21 Å². The van der Waals surface area contributed by atoms with Crippen molar-refractivity contribution in [3.05, 3.63) is 72.3 Å². The van der Waals surface area contributed by atoms with Crippen LogP contribution in [-0.4, -0.2) is 34.3 Å². The summed E-state index contributed by atoms with van der Waals surface area (Å²) in [5.41, 5.74) is 2.05. The highest BCUT2D eigenvalue weighted by atomic mass is 16.5. The van der Waals surface area contributed by atoms with Crippen molar-refractivity contribution in [1.29, 1.82) is 0 Å². The third-order valence-corrected chi connectivity index (χ3v) is 3.25. The van der Waals surface area contributed by atoms with Crippen molar-refractivity contribution in [2.24, 2.45) is 5.10 Å². The van der Waals surface area contributed by atoms with E-state index in [9.17, 15) is 0 Å². The molecule has 122 valence electrons. The molecule has 24 heavy (non-hydrogen) atoms. The van der Waals surface area contributed by atoms with Crippen LogP contribution >= 0.6 is 0 Å². The molecule has 6 heteroatoms. The van der Waals surface area contributed by atoms with E-state index in [1.807, 2.05) is 55.5 Å². The van der Waals surface area contributed by atoms with Gasteiger partial charge in [-0.15, -0.1) is 10.2 Å². The van der Waals surface area contributed by atoms with Gasteiger partial charge in [0.15, 0.2) is 0 Å². The number of ether oxygens (including phenoxy) is 2. The van der Waals surface area contributed by atoms with Gasteiger partial charge in [0, 0.05) is 5.56 Å². The van der Waals surface area contributed by atoms with E-state index in [1.165, 1.54) is 22.9 Å². The summed E-state index contributed by atoms with van der Waals surface area (Å²) < 4.78 is 13.0. The number of para-hydroxylation sites is 1. The number of aryl methyl sites for hydroxylation is 1. The predicted molar refractivity (Wildman–Crippen MR) is 91.6 cm³/mol. The zero-order valence-corrected chi connectivity index (χ0v) is 13.4. The highest BCUT2D eigenvalue weighted by Gasteiger charge is 2.01. The fourth-order valence-corrected chi connectivity index (χ4v) is 2.12. The molecule has 0 aliphatic rings. The van der Waals surface area contributed by atoms with Gasteiger partial charge in [-0.05, 0) is 36.8 Å². The van der Waals surface area contributed by atoms with Crippen LogP contribution in [0.4, 0.5) is 0 Å². The quantitative estimate of drug-likeness (QED) is 0.496. The van der Waals surface area contributed by atoms with E-state index in [-0.39, 0.29) is 0 Å².